The summed E-state index contributed by atoms with van der Waals surface area (Å²) in [6.45, 7) is 0. The van der Waals surface area contributed by atoms with Crippen molar-refractivity contribution < 1.29 is 22.2 Å². The van der Waals surface area contributed by atoms with Gasteiger partial charge in [-0.05, 0) is 67.6 Å². The average Bonchev–Trinajstić information content (AvgIpc) is 2.83. The SMILES string of the molecule is CN1C2=C(C(=O)CCC2)C(c2cc(Cl)c(OS(=O)(=O)c3ccc(Cl)cc3)c(Cl)c2)C2=C1CCCC2=O. The summed E-state index contributed by atoms with van der Waals surface area (Å²) in [5, 5.41) is 0.305. The number of ketones is 2. The molecule has 0 saturated heterocycles. The topological polar surface area (TPSA) is 80.8 Å². The Morgan fingerprint density at radius 2 is 1.33 bits per heavy atom. The first kappa shape index (κ1) is 25.3. The van der Waals surface area contributed by atoms with Gasteiger partial charge in [0, 0.05) is 53.4 Å². The monoisotopic (exact) mass is 565 g/mol. The highest BCUT2D eigenvalue weighted by molar-refractivity contribution is 7.87. The van der Waals surface area contributed by atoms with E-state index in [2.05, 4.69) is 0 Å². The minimum Gasteiger partial charge on any atom is -0.376 e. The number of allylic oxidation sites excluding steroid dienone is 4. The predicted octanol–water partition coefficient (Wildman–Crippen LogP) is 6.46. The van der Waals surface area contributed by atoms with Crippen LogP contribution < -0.4 is 4.18 Å². The fraction of sp³-hybridized carbons (Fsp3) is 0.308. The van der Waals surface area contributed by atoms with Gasteiger partial charge in [0.05, 0.1) is 10.0 Å². The Morgan fingerprint density at radius 1 is 0.833 bits per heavy atom. The van der Waals surface area contributed by atoms with Crippen LogP contribution in [0.15, 0.2) is 63.8 Å². The van der Waals surface area contributed by atoms with E-state index >= 15 is 0 Å². The molecule has 1 aliphatic heterocycles. The molecule has 36 heavy (non-hydrogen) atoms. The van der Waals surface area contributed by atoms with Gasteiger partial charge in [-0.15, -0.1) is 0 Å². The third-order valence-corrected chi connectivity index (χ3v) is 8.94. The summed E-state index contributed by atoms with van der Waals surface area (Å²) in [5.41, 5.74) is 3.57. The lowest BCUT2D eigenvalue weighted by atomic mass is 9.71. The van der Waals surface area contributed by atoms with Gasteiger partial charge in [-0.25, -0.2) is 0 Å². The molecule has 6 nitrogen and oxygen atoms in total. The Bertz CT molecular complexity index is 1390. The highest BCUT2D eigenvalue weighted by atomic mass is 35.5. The van der Waals surface area contributed by atoms with Crippen molar-refractivity contribution in [3.63, 3.8) is 0 Å². The number of benzene rings is 2. The van der Waals surface area contributed by atoms with Crippen LogP contribution in [0.4, 0.5) is 0 Å². The van der Waals surface area contributed by atoms with E-state index in [0.29, 0.717) is 34.6 Å². The molecular weight excluding hydrogens is 545 g/mol. The lowest BCUT2D eigenvalue weighted by Gasteiger charge is -2.42. The Hall–Kier alpha value is -2.32. The number of rotatable bonds is 4. The molecule has 0 saturated carbocycles. The summed E-state index contributed by atoms with van der Waals surface area (Å²) in [6, 6.07) is 8.58. The predicted molar refractivity (Wildman–Crippen MR) is 138 cm³/mol. The fourth-order valence-corrected chi connectivity index (χ4v) is 7.03. The summed E-state index contributed by atoms with van der Waals surface area (Å²) in [4.78, 5) is 28.2. The second-order valence-corrected chi connectivity index (χ2v) is 11.9. The molecule has 2 aliphatic carbocycles. The van der Waals surface area contributed by atoms with E-state index in [1.165, 1.54) is 36.4 Å². The van der Waals surface area contributed by atoms with Crippen molar-refractivity contribution in [1.82, 2.24) is 4.90 Å². The van der Waals surface area contributed by atoms with Crippen LogP contribution in [-0.4, -0.2) is 31.9 Å². The van der Waals surface area contributed by atoms with Crippen molar-refractivity contribution in [2.45, 2.75) is 49.3 Å². The molecule has 10 heteroatoms. The van der Waals surface area contributed by atoms with Crippen molar-refractivity contribution in [2.24, 2.45) is 0 Å². The maximum Gasteiger partial charge on any atom is 0.339 e. The van der Waals surface area contributed by atoms with Crippen LogP contribution in [-0.2, 0) is 19.7 Å². The molecule has 0 aromatic heterocycles. The van der Waals surface area contributed by atoms with Gasteiger partial charge in [0.25, 0.3) is 0 Å². The molecule has 0 fully saturated rings. The van der Waals surface area contributed by atoms with Crippen molar-refractivity contribution in [3.05, 3.63) is 79.6 Å². The molecular formula is C26H22Cl3NO5S. The molecule has 1 heterocycles. The average molecular weight is 567 g/mol. The van der Waals surface area contributed by atoms with Gasteiger partial charge in [-0.3, -0.25) is 9.59 Å². The summed E-state index contributed by atoms with van der Waals surface area (Å²) in [6.07, 6.45) is 3.79. The third-order valence-electron chi connectivity index (χ3n) is 6.89. The zero-order chi connectivity index (χ0) is 25.8. The zero-order valence-electron chi connectivity index (χ0n) is 19.3. The van der Waals surface area contributed by atoms with Crippen LogP contribution in [0.1, 0.15) is 50.0 Å². The van der Waals surface area contributed by atoms with Crippen molar-refractivity contribution in [1.29, 1.82) is 0 Å². The van der Waals surface area contributed by atoms with Crippen LogP contribution in [0.2, 0.25) is 15.1 Å². The van der Waals surface area contributed by atoms with E-state index in [0.717, 1.165) is 37.1 Å². The Balaban J connectivity index is 1.60. The molecule has 3 aliphatic rings. The quantitative estimate of drug-likeness (QED) is 0.395. The highest BCUT2D eigenvalue weighted by Gasteiger charge is 2.42. The van der Waals surface area contributed by atoms with E-state index in [4.69, 9.17) is 39.0 Å². The molecule has 0 amide bonds. The lowest BCUT2D eigenvalue weighted by Crippen LogP contribution is -2.37. The largest absolute Gasteiger partial charge is 0.376 e. The molecule has 2 aromatic rings. The van der Waals surface area contributed by atoms with Crippen molar-refractivity contribution in [2.75, 3.05) is 7.05 Å². The van der Waals surface area contributed by atoms with E-state index < -0.39 is 16.0 Å². The lowest BCUT2D eigenvalue weighted by molar-refractivity contribution is -0.117. The number of halogens is 3. The van der Waals surface area contributed by atoms with Gasteiger partial charge >= 0.3 is 10.1 Å². The molecule has 0 N–H and O–H groups in total. The number of hydrogen-bond acceptors (Lipinski definition) is 6. The standard InChI is InChI=1S/C26H22Cl3NO5S/c1-30-19-4-2-6-21(31)24(19)23(25-20(30)5-3-7-22(25)32)14-12-17(28)26(18(29)13-14)35-36(33,34)16-10-8-15(27)9-11-16/h8-13,23H,2-7H2,1H3. The molecule has 188 valence electrons. The number of Topliss-reactive ketones (excluding diaryl/α,β-unsaturated/α-hetero) is 2. The second-order valence-electron chi connectivity index (χ2n) is 9.07. The molecule has 0 bridgehead atoms. The number of carbonyl (C=O) groups is 2. The maximum atomic E-state index is 13.1. The van der Waals surface area contributed by atoms with Crippen LogP contribution in [0.3, 0.4) is 0 Å². The number of carbonyl (C=O) groups excluding carboxylic acids is 2. The second kappa shape index (κ2) is 9.53. The molecule has 5 rings (SSSR count). The number of nitrogens with zero attached hydrogens (tertiary/aromatic N) is 1. The smallest absolute Gasteiger partial charge is 0.339 e. The minimum absolute atomic E-state index is 0.00379. The normalized spacial score (nSPS) is 18.9. The van der Waals surface area contributed by atoms with E-state index in [1.807, 2.05) is 11.9 Å². The highest BCUT2D eigenvalue weighted by Crippen LogP contribution is 2.50. The van der Waals surface area contributed by atoms with E-state index in [1.54, 1.807) is 0 Å². The van der Waals surface area contributed by atoms with Gasteiger partial charge in [0.15, 0.2) is 17.3 Å². The third kappa shape index (κ3) is 4.36. The zero-order valence-corrected chi connectivity index (χ0v) is 22.4. The Morgan fingerprint density at radius 3 is 1.83 bits per heavy atom. The summed E-state index contributed by atoms with van der Waals surface area (Å²) in [5.74, 6) is -0.839. The van der Waals surface area contributed by atoms with Crippen LogP contribution >= 0.6 is 34.8 Å². The van der Waals surface area contributed by atoms with E-state index in [-0.39, 0.29) is 32.3 Å². The van der Waals surface area contributed by atoms with Crippen molar-refractivity contribution >= 4 is 56.5 Å². The van der Waals surface area contributed by atoms with E-state index in [9.17, 15) is 18.0 Å². The Kier molecular flexibility index (Phi) is 6.70. The first-order valence-electron chi connectivity index (χ1n) is 11.5. The molecule has 0 atom stereocenters. The first-order valence-corrected chi connectivity index (χ1v) is 14.1. The van der Waals surface area contributed by atoms with Crippen LogP contribution in [0, 0.1) is 0 Å². The van der Waals surface area contributed by atoms with Gasteiger partial charge in [0.2, 0.25) is 0 Å². The molecule has 0 spiro atoms. The Labute approximate surface area is 224 Å². The van der Waals surface area contributed by atoms with Crippen LogP contribution in [0.5, 0.6) is 5.75 Å². The van der Waals surface area contributed by atoms with Gasteiger partial charge < -0.3 is 9.08 Å². The molecule has 0 unspecified atom stereocenters. The first-order chi connectivity index (χ1) is 17.1. The summed E-state index contributed by atoms with van der Waals surface area (Å²) >= 11 is 18.9. The summed E-state index contributed by atoms with van der Waals surface area (Å²) in [7, 11) is -2.32. The van der Waals surface area contributed by atoms with Gasteiger partial charge in [-0.2, -0.15) is 8.42 Å². The maximum absolute atomic E-state index is 13.1. The van der Waals surface area contributed by atoms with Crippen molar-refractivity contribution in [3.8, 4) is 5.75 Å². The minimum atomic E-state index is -4.24. The van der Waals surface area contributed by atoms with Crippen LogP contribution in [0.25, 0.3) is 0 Å². The van der Waals surface area contributed by atoms with Gasteiger partial charge in [0.1, 0.15) is 4.90 Å². The molecule has 2 aromatic carbocycles. The molecule has 0 radical (unpaired) electrons. The number of hydrogen-bond donors (Lipinski definition) is 0. The summed E-state index contributed by atoms with van der Waals surface area (Å²) < 4.78 is 30.9. The van der Waals surface area contributed by atoms with Gasteiger partial charge in [-0.1, -0.05) is 34.8 Å². The fourth-order valence-electron chi connectivity index (χ4n) is 5.27.